The molecule has 1 aromatic carbocycles. The number of aliphatic hydroxyl groups is 1. The third kappa shape index (κ3) is 3.46. The largest absolute Gasteiger partial charge is 0.384 e. The zero-order valence-electron chi connectivity index (χ0n) is 15.3. The smallest absolute Gasteiger partial charge is 0.239 e. The molecule has 0 spiro atoms. The Labute approximate surface area is 150 Å². The van der Waals surface area contributed by atoms with Crippen molar-refractivity contribution < 1.29 is 9.90 Å². The molecule has 1 aromatic rings. The average Bonchev–Trinajstić information content (AvgIpc) is 2.50. The van der Waals surface area contributed by atoms with Crippen LogP contribution >= 0.6 is 11.6 Å². The fourth-order valence-corrected chi connectivity index (χ4v) is 3.84. The van der Waals surface area contributed by atoms with Crippen molar-refractivity contribution in [2.45, 2.75) is 45.8 Å². The minimum absolute atomic E-state index is 0.110. The fraction of sp³-hybridized carbons (Fsp3) is 0.632. The number of hydrogen-bond donors (Lipinski definition) is 2. The number of likely N-dealkylation sites (tertiary alicyclic amines) is 1. The molecule has 24 heavy (non-hydrogen) atoms. The number of carbonyl (C=O) groups excluding carboxylic acids is 1. The van der Waals surface area contributed by atoms with Crippen molar-refractivity contribution in [3.8, 4) is 0 Å². The number of benzene rings is 1. The van der Waals surface area contributed by atoms with Crippen molar-refractivity contribution in [3.63, 3.8) is 0 Å². The van der Waals surface area contributed by atoms with Gasteiger partial charge < -0.3 is 15.3 Å². The Kier molecular flexibility index (Phi) is 5.63. The summed E-state index contributed by atoms with van der Waals surface area (Å²) in [7, 11) is 1.82. The van der Waals surface area contributed by atoms with Crippen LogP contribution in [-0.4, -0.2) is 42.1 Å². The van der Waals surface area contributed by atoms with Gasteiger partial charge in [-0.15, -0.1) is 0 Å². The molecule has 5 heteroatoms. The monoisotopic (exact) mass is 352 g/mol. The van der Waals surface area contributed by atoms with Gasteiger partial charge in [-0.05, 0) is 37.1 Å². The van der Waals surface area contributed by atoms with E-state index < -0.39 is 11.0 Å². The summed E-state index contributed by atoms with van der Waals surface area (Å²) in [4.78, 5) is 14.7. The standard InChI is InChI=1S/C19H29ClN2O2/c1-13(2)16(21-5)17(23)22-11-10-19(24,18(3,4)12-22)14-6-8-15(20)9-7-14/h6-9,13,16,21,24H,10-12H2,1-5H3/t16-,19+/m1/s1. The van der Waals surface area contributed by atoms with Crippen LogP contribution in [0.5, 0.6) is 0 Å². The van der Waals surface area contributed by atoms with Crippen LogP contribution in [0, 0.1) is 11.3 Å². The van der Waals surface area contributed by atoms with Gasteiger partial charge in [-0.1, -0.05) is 51.4 Å². The lowest BCUT2D eigenvalue weighted by molar-refractivity contribution is -0.155. The molecule has 2 atom stereocenters. The van der Waals surface area contributed by atoms with E-state index in [4.69, 9.17) is 11.6 Å². The third-order valence-electron chi connectivity index (χ3n) is 5.33. The van der Waals surface area contributed by atoms with Crippen molar-refractivity contribution in [2.75, 3.05) is 20.1 Å². The van der Waals surface area contributed by atoms with E-state index in [9.17, 15) is 9.90 Å². The lowest BCUT2D eigenvalue weighted by Crippen LogP contribution is -2.59. The number of amides is 1. The molecule has 1 fully saturated rings. The summed E-state index contributed by atoms with van der Waals surface area (Å²) in [5.74, 6) is 0.335. The molecule has 0 saturated carbocycles. The molecule has 2 N–H and O–H groups in total. The second kappa shape index (κ2) is 7.03. The Morgan fingerprint density at radius 2 is 1.88 bits per heavy atom. The van der Waals surface area contributed by atoms with Crippen molar-refractivity contribution in [2.24, 2.45) is 11.3 Å². The molecule has 0 aromatic heterocycles. The third-order valence-corrected chi connectivity index (χ3v) is 5.58. The first-order chi connectivity index (χ1) is 11.1. The number of likely N-dealkylation sites (N-methyl/N-ethyl adjacent to an activating group) is 1. The Hall–Kier alpha value is -1.10. The lowest BCUT2D eigenvalue weighted by atomic mass is 9.66. The molecule has 1 amide bonds. The highest BCUT2D eigenvalue weighted by atomic mass is 35.5. The predicted molar refractivity (Wildman–Crippen MR) is 98.0 cm³/mol. The van der Waals surface area contributed by atoms with Gasteiger partial charge in [0.05, 0.1) is 11.6 Å². The first-order valence-electron chi connectivity index (χ1n) is 8.57. The number of hydrogen-bond acceptors (Lipinski definition) is 3. The Bertz CT molecular complexity index is 586. The van der Waals surface area contributed by atoms with Gasteiger partial charge in [-0.2, -0.15) is 0 Å². The second-order valence-electron chi connectivity index (χ2n) is 7.77. The molecule has 1 aliphatic heterocycles. The maximum absolute atomic E-state index is 12.8. The quantitative estimate of drug-likeness (QED) is 0.875. The molecule has 134 valence electrons. The molecule has 1 aliphatic rings. The lowest BCUT2D eigenvalue weighted by Gasteiger charge is -2.51. The normalized spacial score (nSPS) is 24.9. The Morgan fingerprint density at radius 3 is 2.33 bits per heavy atom. The van der Waals surface area contributed by atoms with Crippen molar-refractivity contribution in [3.05, 3.63) is 34.9 Å². The highest BCUT2D eigenvalue weighted by Gasteiger charge is 2.50. The van der Waals surface area contributed by atoms with Crippen molar-refractivity contribution in [1.82, 2.24) is 10.2 Å². The Morgan fingerprint density at radius 1 is 1.29 bits per heavy atom. The van der Waals surface area contributed by atoms with Crippen LogP contribution in [0.25, 0.3) is 0 Å². The summed E-state index contributed by atoms with van der Waals surface area (Å²) in [6.07, 6.45) is 0.516. The van der Waals surface area contributed by atoms with Crippen LogP contribution in [0.15, 0.2) is 24.3 Å². The molecule has 0 bridgehead atoms. The van der Waals surface area contributed by atoms with Gasteiger partial charge >= 0.3 is 0 Å². The zero-order valence-corrected chi connectivity index (χ0v) is 16.0. The molecule has 0 aliphatic carbocycles. The van der Waals surface area contributed by atoms with Gasteiger partial charge in [0.15, 0.2) is 0 Å². The minimum atomic E-state index is -0.971. The molecule has 2 rings (SSSR count). The molecule has 4 nitrogen and oxygen atoms in total. The van der Waals surface area contributed by atoms with Crippen LogP contribution in [0.3, 0.4) is 0 Å². The molecular weight excluding hydrogens is 324 g/mol. The van der Waals surface area contributed by atoms with Crippen molar-refractivity contribution >= 4 is 17.5 Å². The maximum atomic E-state index is 12.8. The fourth-order valence-electron chi connectivity index (χ4n) is 3.71. The first kappa shape index (κ1) is 19.2. The van der Waals surface area contributed by atoms with E-state index >= 15 is 0 Å². The van der Waals surface area contributed by atoms with Gasteiger partial charge in [-0.3, -0.25) is 4.79 Å². The summed E-state index contributed by atoms with van der Waals surface area (Å²) < 4.78 is 0. The van der Waals surface area contributed by atoms with Gasteiger partial charge in [0, 0.05) is 23.5 Å². The van der Waals surface area contributed by atoms with Gasteiger partial charge in [0.1, 0.15) is 0 Å². The predicted octanol–water partition coefficient (Wildman–Crippen LogP) is 3.03. The number of rotatable bonds is 4. The molecular formula is C19H29ClN2O2. The van der Waals surface area contributed by atoms with E-state index in [2.05, 4.69) is 5.32 Å². The molecule has 1 heterocycles. The maximum Gasteiger partial charge on any atom is 0.239 e. The van der Waals surface area contributed by atoms with E-state index in [1.165, 1.54) is 0 Å². The number of nitrogens with zero attached hydrogens (tertiary/aromatic N) is 1. The molecule has 0 radical (unpaired) electrons. The summed E-state index contributed by atoms with van der Waals surface area (Å²) in [6.45, 7) is 9.19. The van der Waals surface area contributed by atoms with E-state index in [-0.39, 0.29) is 17.9 Å². The van der Waals surface area contributed by atoms with E-state index in [1.807, 2.05) is 51.8 Å². The first-order valence-corrected chi connectivity index (χ1v) is 8.94. The minimum Gasteiger partial charge on any atom is -0.384 e. The van der Waals surface area contributed by atoms with Crippen LogP contribution in [0.1, 0.15) is 39.7 Å². The summed E-state index contributed by atoms with van der Waals surface area (Å²) in [6, 6.07) is 7.18. The number of nitrogens with one attached hydrogen (secondary N) is 1. The molecule has 1 saturated heterocycles. The summed E-state index contributed by atoms with van der Waals surface area (Å²) in [5.41, 5.74) is -0.566. The summed E-state index contributed by atoms with van der Waals surface area (Å²) in [5, 5.41) is 15.1. The van der Waals surface area contributed by atoms with E-state index in [1.54, 1.807) is 12.1 Å². The van der Waals surface area contributed by atoms with Gasteiger partial charge in [0.25, 0.3) is 0 Å². The van der Waals surface area contributed by atoms with Gasteiger partial charge in [-0.25, -0.2) is 0 Å². The van der Waals surface area contributed by atoms with Gasteiger partial charge in [0.2, 0.25) is 5.91 Å². The average molecular weight is 353 g/mol. The Balaban J connectivity index is 2.23. The zero-order chi connectivity index (χ0) is 18.1. The van der Waals surface area contributed by atoms with Crippen LogP contribution in [-0.2, 0) is 10.4 Å². The van der Waals surface area contributed by atoms with Crippen molar-refractivity contribution in [1.29, 1.82) is 0 Å². The highest BCUT2D eigenvalue weighted by Crippen LogP contribution is 2.46. The number of halogens is 1. The molecule has 0 unspecified atom stereocenters. The van der Waals surface area contributed by atoms with Crippen LogP contribution in [0.2, 0.25) is 5.02 Å². The second-order valence-corrected chi connectivity index (χ2v) is 8.21. The highest BCUT2D eigenvalue weighted by molar-refractivity contribution is 6.30. The van der Waals surface area contributed by atoms with E-state index in [0.29, 0.717) is 24.5 Å². The van der Waals surface area contributed by atoms with Crippen LogP contribution in [0.4, 0.5) is 0 Å². The topological polar surface area (TPSA) is 52.6 Å². The SMILES string of the molecule is CN[C@@H](C(=O)N1CC[C@](O)(c2ccc(Cl)cc2)C(C)(C)C1)C(C)C. The van der Waals surface area contributed by atoms with E-state index in [0.717, 1.165) is 5.56 Å². The number of piperidine rings is 1. The summed E-state index contributed by atoms with van der Waals surface area (Å²) >= 11 is 5.97. The number of carbonyl (C=O) groups is 1. The van der Waals surface area contributed by atoms with Crippen LogP contribution < -0.4 is 5.32 Å².